The molecule has 4 heteroatoms. The van der Waals surface area contributed by atoms with Crippen molar-refractivity contribution in [2.45, 2.75) is 25.7 Å². The maximum absolute atomic E-state index is 11.4. The average molecular weight is 311 g/mol. The first-order valence-electron chi connectivity index (χ1n) is 7.38. The molecule has 0 aliphatic carbocycles. The number of hydrogen-bond acceptors (Lipinski definition) is 3. The molecular formula is C18H17NO2S. The van der Waals surface area contributed by atoms with E-state index in [4.69, 9.17) is 0 Å². The van der Waals surface area contributed by atoms with Crippen molar-refractivity contribution in [3.8, 4) is 11.3 Å². The highest BCUT2D eigenvalue weighted by Crippen LogP contribution is 2.32. The van der Waals surface area contributed by atoms with Gasteiger partial charge in [-0.05, 0) is 29.6 Å². The molecule has 3 rings (SSSR count). The van der Waals surface area contributed by atoms with Gasteiger partial charge in [0.15, 0.2) is 0 Å². The van der Waals surface area contributed by atoms with Crippen molar-refractivity contribution in [2.24, 2.45) is 0 Å². The second-order valence-electron chi connectivity index (χ2n) is 5.33. The van der Waals surface area contributed by atoms with Gasteiger partial charge in [0, 0.05) is 10.9 Å². The molecular weight excluding hydrogens is 294 g/mol. The monoisotopic (exact) mass is 311 g/mol. The van der Waals surface area contributed by atoms with E-state index in [0.29, 0.717) is 6.42 Å². The smallest absolute Gasteiger partial charge is 0.310 e. The first kappa shape index (κ1) is 14.7. The third-order valence-corrected chi connectivity index (χ3v) is 4.67. The standard InChI is InChI=1S/C18H17NO2S/c1-2-5-14(18(20)21)12-8-10-13(11-9-12)17-15-6-3-4-7-16(15)22-19-17/h3-4,6-11,14H,2,5H2,1H3,(H,20,21). The van der Waals surface area contributed by atoms with Crippen molar-refractivity contribution in [1.82, 2.24) is 4.37 Å². The van der Waals surface area contributed by atoms with Crippen LogP contribution in [0.2, 0.25) is 0 Å². The zero-order valence-corrected chi connectivity index (χ0v) is 13.1. The van der Waals surface area contributed by atoms with Gasteiger partial charge >= 0.3 is 5.97 Å². The Kier molecular flexibility index (Phi) is 4.20. The Morgan fingerprint density at radius 1 is 1.18 bits per heavy atom. The first-order valence-corrected chi connectivity index (χ1v) is 8.15. The van der Waals surface area contributed by atoms with Crippen molar-refractivity contribution >= 4 is 27.6 Å². The van der Waals surface area contributed by atoms with E-state index in [1.54, 1.807) is 0 Å². The van der Waals surface area contributed by atoms with Crippen molar-refractivity contribution < 1.29 is 9.90 Å². The maximum atomic E-state index is 11.4. The van der Waals surface area contributed by atoms with Crippen LogP contribution in [-0.4, -0.2) is 15.4 Å². The summed E-state index contributed by atoms with van der Waals surface area (Å²) in [7, 11) is 0. The van der Waals surface area contributed by atoms with Crippen LogP contribution < -0.4 is 0 Å². The number of carbonyl (C=O) groups is 1. The predicted molar refractivity (Wildman–Crippen MR) is 90.3 cm³/mol. The summed E-state index contributed by atoms with van der Waals surface area (Å²) in [4.78, 5) is 11.4. The Balaban J connectivity index is 1.95. The van der Waals surface area contributed by atoms with Gasteiger partial charge in [-0.1, -0.05) is 55.8 Å². The summed E-state index contributed by atoms with van der Waals surface area (Å²) in [5, 5.41) is 10.5. The molecule has 0 saturated carbocycles. The third-order valence-electron chi connectivity index (χ3n) is 3.84. The number of benzene rings is 2. The zero-order chi connectivity index (χ0) is 15.5. The molecule has 0 amide bonds. The highest BCUT2D eigenvalue weighted by molar-refractivity contribution is 7.13. The molecule has 0 bridgehead atoms. The lowest BCUT2D eigenvalue weighted by Crippen LogP contribution is -2.11. The molecule has 0 fully saturated rings. The van der Waals surface area contributed by atoms with E-state index in [0.717, 1.165) is 33.3 Å². The van der Waals surface area contributed by atoms with Crippen LogP contribution in [0.15, 0.2) is 48.5 Å². The average Bonchev–Trinajstić information content (AvgIpc) is 2.96. The molecule has 0 saturated heterocycles. The molecule has 0 spiro atoms. The minimum absolute atomic E-state index is 0.425. The van der Waals surface area contributed by atoms with Crippen LogP contribution in [-0.2, 0) is 4.79 Å². The molecule has 112 valence electrons. The van der Waals surface area contributed by atoms with Crippen LogP contribution in [0.1, 0.15) is 31.2 Å². The SMILES string of the molecule is CCCC(C(=O)O)c1ccc(-c2nsc3ccccc23)cc1. The van der Waals surface area contributed by atoms with E-state index in [-0.39, 0.29) is 0 Å². The zero-order valence-electron chi connectivity index (χ0n) is 12.3. The Morgan fingerprint density at radius 3 is 2.59 bits per heavy atom. The van der Waals surface area contributed by atoms with Crippen molar-refractivity contribution in [2.75, 3.05) is 0 Å². The first-order chi connectivity index (χ1) is 10.7. The second-order valence-corrected chi connectivity index (χ2v) is 6.13. The van der Waals surface area contributed by atoms with Crippen molar-refractivity contribution in [1.29, 1.82) is 0 Å². The third kappa shape index (κ3) is 2.74. The van der Waals surface area contributed by atoms with E-state index in [9.17, 15) is 9.90 Å². The fourth-order valence-corrected chi connectivity index (χ4v) is 3.48. The highest BCUT2D eigenvalue weighted by atomic mass is 32.1. The minimum atomic E-state index is -0.756. The number of aliphatic carboxylic acids is 1. The van der Waals surface area contributed by atoms with Gasteiger partial charge in [-0.2, -0.15) is 4.37 Å². The maximum Gasteiger partial charge on any atom is 0.310 e. The van der Waals surface area contributed by atoms with Gasteiger partial charge in [0.2, 0.25) is 0 Å². The topological polar surface area (TPSA) is 50.2 Å². The molecule has 0 radical (unpaired) electrons. The summed E-state index contributed by atoms with van der Waals surface area (Å²) in [6.45, 7) is 2.01. The summed E-state index contributed by atoms with van der Waals surface area (Å²) in [5.41, 5.74) is 2.86. The highest BCUT2D eigenvalue weighted by Gasteiger charge is 2.19. The summed E-state index contributed by atoms with van der Waals surface area (Å²) in [5.74, 6) is -1.18. The molecule has 1 heterocycles. The predicted octanol–water partition coefficient (Wildman–Crippen LogP) is 4.93. The lowest BCUT2D eigenvalue weighted by atomic mass is 9.93. The molecule has 1 N–H and O–H groups in total. The van der Waals surface area contributed by atoms with Crippen LogP contribution in [0.4, 0.5) is 0 Å². The van der Waals surface area contributed by atoms with E-state index in [2.05, 4.69) is 16.5 Å². The Morgan fingerprint density at radius 2 is 1.91 bits per heavy atom. The Bertz CT molecular complexity index is 792. The number of fused-ring (bicyclic) bond motifs is 1. The summed E-state index contributed by atoms with van der Waals surface area (Å²) >= 11 is 1.49. The molecule has 0 aliphatic rings. The quantitative estimate of drug-likeness (QED) is 0.726. The van der Waals surface area contributed by atoms with Gasteiger partial charge in [0.05, 0.1) is 16.3 Å². The van der Waals surface area contributed by atoms with Gasteiger partial charge in [-0.25, -0.2) is 0 Å². The van der Waals surface area contributed by atoms with Crippen LogP contribution in [0.3, 0.4) is 0 Å². The number of aromatic nitrogens is 1. The van der Waals surface area contributed by atoms with Gasteiger partial charge < -0.3 is 5.11 Å². The van der Waals surface area contributed by atoms with Gasteiger partial charge in [-0.3, -0.25) is 4.79 Å². The molecule has 3 aromatic rings. The van der Waals surface area contributed by atoms with E-state index >= 15 is 0 Å². The Labute approximate surface area is 133 Å². The van der Waals surface area contributed by atoms with E-state index < -0.39 is 11.9 Å². The molecule has 3 nitrogen and oxygen atoms in total. The molecule has 1 aromatic heterocycles. The molecule has 2 aromatic carbocycles. The van der Waals surface area contributed by atoms with Crippen molar-refractivity contribution in [3.05, 3.63) is 54.1 Å². The van der Waals surface area contributed by atoms with Gasteiger partial charge in [0.1, 0.15) is 0 Å². The second kappa shape index (κ2) is 6.28. The van der Waals surface area contributed by atoms with E-state index in [1.165, 1.54) is 11.5 Å². The van der Waals surface area contributed by atoms with Gasteiger partial charge in [0.25, 0.3) is 0 Å². The lowest BCUT2D eigenvalue weighted by molar-refractivity contribution is -0.139. The molecule has 22 heavy (non-hydrogen) atoms. The fraction of sp³-hybridized carbons (Fsp3) is 0.222. The number of nitrogens with zero attached hydrogens (tertiary/aromatic N) is 1. The fourth-order valence-electron chi connectivity index (χ4n) is 2.69. The molecule has 0 aliphatic heterocycles. The van der Waals surface area contributed by atoms with Crippen LogP contribution >= 0.6 is 11.5 Å². The van der Waals surface area contributed by atoms with Crippen LogP contribution in [0.25, 0.3) is 21.3 Å². The van der Waals surface area contributed by atoms with Crippen LogP contribution in [0, 0.1) is 0 Å². The number of rotatable bonds is 5. The molecule has 1 unspecified atom stereocenters. The number of carboxylic acid groups (broad SMARTS) is 1. The Hall–Kier alpha value is -2.20. The number of carboxylic acids is 1. The summed E-state index contributed by atoms with van der Waals surface area (Å²) in [6.07, 6.45) is 1.52. The minimum Gasteiger partial charge on any atom is -0.481 e. The van der Waals surface area contributed by atoms with Crippen LogP contribution in [0.5, 0.6) is 0 Å². The lowest BCUT2D eigenvalue weighted by Gasteiger charge is -2.12. The van der Waals surface area contributed by atoms with E-state index in [1.807, 2.05) is 43.3 Å². The largest absolute Gasteiger partial charge is 0.481 e. The van der Waals surface area contributed by atoms with Gasteiger partial charge in [-0.15, -0.1) is 0 Å². The molecule has 1 atom stereocenters. The summed E-state index contributed by atoms with van der Waals surface area (Å²) < 4.78 is 5.70. The number of hydrogen-bond donors (Lipinski definition) is 1. The normalized spacial score (nSPS) is 12.4. The summed E-state index contributed by atoms with van der Waals surface area (Å²) in [6, 6.07) is 15.9. The van der Waals surface area contributed by atoms with Crippen molar-refractivity contribution in [3.63, 3.8) is 0 Å².